The standard InChI is InChI=1S/C27H34N6O2/c1-4-24(26-29-30-31-33(26)13-11-21-9-6-5-7-10-21)32(12-8-14-34)18-23-17-22-16-19(2)15-20(3)25(22)28-27(23)35/h5-7,9-10,15-17,24,34H,4,8,11-14,18H2,1-3H3,(H,28,35)/t24-/m0/s1. The van der Waals surface area contributed by atoms with Crippen LogP contribution in [0.5, 0.6) is 0 Å². The van der Waals surface area contributed by atoms with E-state index in [1.807, 2.05) is 35.9 Å². The number of nitrogens with zero attached hydrogens (tertiary/aromatic N) is 5. The lowest BCUT2D eigenvalue weighted by molar-refractivity contribution is 0.152. The van der Waals surface area contributed by atoms with E-state index < -0.39 is 0 Å². The number of H-pyrrole nitrogens is 1. The van der Waals surface area contributed by atoms with Crippen molar-refractivity contribution in [2.75, 3.05) is 13.2 Å². The number of hydrogen-bond donors (Lipinski definition) is 2. The molecule has 2 heterocycles. The number of aryl methyl sites for hydroxylation is 4. The van der Waals surface area contributed by atoms with Gasteiger partial charge in [-0.15, -0.1) is 5.10 Å². The lowest BCUT2D eigenvalue weighted by Gasteiger charge is -2.30. The van der Waals surface area contributed by atoms with Crippen LogP contribution >= 0.6 is 0 Å². The van der Waals surface area contributed by atoms with E-state index in [2.05, 4.69) is 63.5 Å². The van der Waals surface area contributed by atoms with Crippen LogP contribution in [0.2, 0.25) is 0 Å². The van der Waals surface area contributed by atoms with Crippen molar-refractivity contribution in [1.29, 1.82) is 0 Å². The molecule has 8 nitrogen and oxygen atoms in total. The number of benzene rings is 2. The maximum absolute atomic E-state index is 13.0. The molecule has 0 aliphatic rings. The van der Waals surface area contributed by atoms with Gasteiger partial charge in [-0.3, -0.25) is 9.69 Å². The number of tetrazole rings is 1. The van der Waals surface area contributed by atoms with Crippen molar-refractivity contribution in [2.45, 2.75) is 59.2 Å². The van der Waals surface area contributed by atoms with Crippen molar-refractivity contribution in [3.63, 3.8) is 0 Å². The molecule has 8 heteroatoms. The Kier molecular flexibility index (Phi) is 8.05. The molecule has 0 fully saturated rings. The summed E-state index contributed by atoms with van der Waals surface area (Å²) in [7, 11) is 0. The Morgan fingerprint density at radius 3 is 2.69 bits per heavy atom. The van der Waals surface area contributed by atoms with Gasteiger partial charge in [0.05, 0.1) is 11.6 Å². The number of fused-ring (bicyclic) bond motifs is 1. The maximum Gasteiger partial charge on any atom is 0.252 e. The van der Waals surface area contributed by atoms with Crippen LogP contribution in [-0.2, 0) is 19.5 Å². The number of aliphatic hydroxyl groups excluding tert-OH is 1. The Morgan fingerprint density at radius 1 is 1.14 bits per heavy atom. The number of aliphatic hydroxyl groups is 1. The summed E-state index contributed by atoms with van der Waals surface area (Å²) in [6, 6.07) is 16.4. The van der Waals surface area contributed by atoms with Crippen molar-refractivity contribution in [1.82, 2.24) is 30.1 Å². The van der Waals surface area contributed by atoms with Gasteiger partial charge in [-0.1, -0.05) is 48.9 Å². The fourth-order valence-corrected chi connectivity index (χ4v) is 4.78. The maximum atomic E-state index is 13.0. The monoisotopic (exact) mass is 474 g/mol. The molecule has 0 aliphatic heterocycles. The minimum atomic E-state index is -0.0861. The normalized spacial score (nSPS) is 12.5. The van der Waals surface area contributed by atoms with Crippen molar-refractivity contribution in [2.24, 2.45) is 0 Å². The third kappa shape index (κ3) is 5.83. The van der Waals surface area contributed by atoms with E-state index in [-0.39, 0.29) is 18.2 Å². The van der Waals surface area contributed by atoms with Gasteiger partial charge in [-0.25, -0.2) is 4.68 Å². The third-order valence-electron chi connectivity index (χ3n) is 6.49. The Bertz CT molecular complexity index is 1310. The topological polar surface area (TPSA) is 99.9 Å². The average Bonchev–Trinajstić information content (AvgIpc) is 3.31. The molecule has 0 saturated heterocycles. The predicted molar refractivity (Wildman–Crippen MR) is 137 cm³/mol. The van der Waals surface area contributed by atoms with E-state index in [1.165, 1.54) is 5.56 Å². The van der Waals surface area contributed by atoms with E-state index >= 15 is 0 Å². The second kappa shape index (κ2) is 11.4. The van der Waals surface area contributed by atoms with Crippen LogP contribution < -0.4 is 5.56 Å². The Balaban J connectivity index is 1.62. The largest absolute Gasteiger partial charge is 0.396 e. The molecule has 0 aliphatic carbocycles. The minimum absolute atomic E-state index is 0.0817. The molecule has 0 unspecified atom stereocenters. The lowest BCUT2D eigenvalue weighted by atomic mass is 10.0. The van der Waals surface area contributed by atoms with Gasteiger partial charge >= 0.3 is 0 Å². The van der Waals surface area contributed by atoms with Gasteiger partial charge in [0.1, 0.15) is 0 Å². The van der Waals surface area contributed by atoms with Gasteiger partial charge in [-0.05, 0) is 72.2 Å². The highest BCUT2D eigenvalue weighted by Gasteiger charge is 2.25. The van der Waals surface area contributed by atoms with E-state index in [4.69, 9.17) is 0 Å². The smallest absolute Gasteiger partial charge is 0.252 e. The number of hydrogen-bond acceptors (Lipinski definition) is 6. The number of pyridine rings is 1. The summed E-state index contributed by atoms with van der Waals surface area (Å²) in [5.41, 5.74) is 4.94. The lowest BCUT2D eigenvalue weighted by Crippen LogP contribution is -2.34. The van der Waals surface area contributed by atoms with Crippen molar-refractivity contribution in [3.05, 3.63) is 87.0 Å². The molecule has 4 rings (SSSR count). The summed E-state index contributed by atoms with van der Waals surface area (Å²) in [6.45, 7) is 8.01. The summed E-state index contributed by atoms with van der Waals surface area (Å²) >= 11 is 0. The van der Waals surface area contributed by atoms with Crippen LogP contribution in [-0.4, -0.2) is 48.3 Å². The number of nitrogens with one attached hydrogen (secondary N) is 1. The Morgan fingerprint density at radius 2 is 1.94 bits per heavy atom. The fraction of sp³-hybridized carbons (Fsp3) is 0.407. The Labute approximate surface area is 205 Å². The summed E-state index contributed by atoms with van der Waals surface area (Å²) in [4.78, 5) is 18.3. The zero-order chi connectivity index (χ0) is 24.8. The summed E-state index contributed by atoms with van der Waals surface area (Å²) in [5, 5.41) is 23.2. The number of rotatable bonds is 11. The first-order valence-corrected chi connectivity index (χ1v) is 12.3. The first-order valence-electron chi connectivity index (χ1n) is 12.3. The van der Waals surface area contributed by atoms with Gasteiger partial charge in [0.15, 0.2) is 5.82 Å². The molecular weight excluding hydrogens is 440 g/mol. The molecular formula is C27H34N6O2. The van der Waals surface area contributed by atoms with Gasteiger partial charge in [0, 0.05) is 31.8 Å². The molecule has 2 aromatic carbocycles. The second-order valence-corrected chi connectivity index (χ2v) is 9.14. The van der Waals surface area contributed by atoms with E-state index in [0.717, 1.165) is 40.7 Å². The van der Waals surface area contributed by atoms with E-state index in [0.29, 0.717) is 31.6 Å². The van der Waals surface area contributed by atoms with Crippen LogP contribution in [0.3, 0.4) is 0 Å². The third-order valence-corrected chi connectivity index (χ3v) is 6.49. The predicted octanol–water partition coefficient (Wildman–Crippen LogP) is 3.71. The summed E-state index contributed by atoms with van der Waals surface area (Å²) < 4.78 is 1.87. The molecule has 0 amide bonds. The number of aromatic amines is 1. The molecule has 35 heavy (non-hydrogen) atoms. The Hall–Kier alpha value is -3.36. The van der Waals surface area contributed by atoms with E-state index in [1.54, 1.807) is 0 Å². The first kappa shape index (κ1) is 24.8. The highest BCUT2D eigenvalue weighted by Crippen LogP contribution is 2.25. The van der Waals surface area contributed by atoms with Gasteiger partial charge < -0.3 is 10.1 Å². The zero-order valence-corrected chi connectivity index (χ0v) is 20.7. The molecule has 2 aromatic heterocycles. The molecule has 0 spiro atoms. The molecule has 184 valence electrons. The fourth-order valence-electron chi connectivity index (χ4n) is 4.78. The molecule has 4 aromatic rings. The molecule has 0 bridgehead atoms. The summed E-state index contributed by atoms with van der Waals surface area (Å²) in [6.07, 6.45) is 2.21. The van der Waals surface area contributed by atoms with Gasteiger partial charge in [0.2, 0.25) is 0 Å². The van der Waals surface area contributed by atoms with Crippen LogP contribution in [0.15, 0.2) is 53.3 Å². The average molecular weight is 475 g/mol. The first-order chi connectivity index (χ1) is 17.0. The molecule has 2 N–H and O–H groups in total. The quantitative estimate of drug-likeness (QED) is 0.344. The highest BCUT2D eigenvalue weighted by atomic mass is 16.3. The van der Waals surface area contributed by atoms with Crippen LogP contribution in [0.1, 0.15) is 53.9 Å². The van der Waals surface area contributed by atoms with Crippen LogP contribution in [0.4, 0.5) is 0 Å². The summed E-state index contributed by atoms with van der Waals surface area (Å²) in [5.74, 6) is 0.783. The van der Waals surface area contributed by atoms with Gasteiger partial charge in [0.25, 0.3) is 5.56 Å². The molecule has 1 atom stereocenters. The van der Waals surface area contributed by atoms with Crippen molar-refractivity contribution < 1.29 is 5.11 Å². The van der Waals surface area contributed by atoms with Crippen molar-refractivity contribution >= 4 is 10.9 Å². The van der Waals surface area contributed by atoms with Gasteiger partial charge in [-0.2, -0.15) is 0 Å². The minimum Gasteiger partial charge on any atom is -0.396 e. The highest BCUT2D eigenvalue weighted by molar-refractivity contribution is 5.82. The van der Waals surface area contributed by atoms with E-state index in [9.17, 15) is 9.90 Å². The van der Waals surface area contributed by atoms with Crippen LogP contribution in [0, 0.1) is 13.8 Å². The van der Waals surface area contributed by atoms with Crippen molar-refractivity contribution in [3.8, 4) is 0 Å². The van der Waals surface area contributed by atoms with Crippen LogP contribution in [0.25, 0.3) is 10.9 Å². The SMILES string of the molecule is CC[C@@H](c1nnnn1CCc1ccccc1)N(CCCO)Cc1cc2cc(C)cc(C)c2[nH]c1=O. The number of aromatic nitrogens is 5. The zero-order valence-electron chi connectivity index (χ0n) is 20.7. The molecule has 0 saturated carbocycles. The second-order valence-electron chi connectivity index (χ2n) is 9.14. The molecule has 0 radical (unpaired) electrons.